The van der Waals surface area contributed by atoms with Crippen LogP contribution in [0, 0.1) is 11.6 Å². The van der Waals surface area contributed by atoms with Crippen LogP contribution in [0.25, 0.3) is 0 Å². The van der Waals surface area contributed by atoms with Crippen LogP contribution in [0.2, 0.25) is 0 Å². The van der Waals surface area contributed by atoms with E-state index in [1.807, 2.05) is 18.6 Å². The molecule has 0 fully saturated rings. The average molecular weight is 327 g/mol. The van der Waals surface area contributed by atoms with Crippen LogP contribution in [0.15, 0.2) is 47.4 Å². The highest BCUT2D eigenvalue weighted by atomic mass is 32.2. The molecule has 2 rings (SSSR count). The van der Waals surface area contributed by atoms with Gasteiger partial charge in [0, 0.05) is 6.07 Å². The summed E-state index contributed by atoms with van der Waals surface area (Å²) in [4.78, 5) is -0.0766. The van der Waals surface area contributed by atoms with Crippen molar-refractivity contribution in [2.45, 2.75) is 24.8 Å². The van der Waals surface area contributed by atoms with E-state index >= 15 is 0 Å². The van der Waals surface area contributed by atoms with Gasteiger partial charge in [0.1, 0.15) is 17.4 Å². The van der Waals surface area contributed by atoms with E-state index in [4.69, 9.17) is 4.74 Å². The van der Waals surface area contributed by atoms with Gasteiger partial charge in [-0.3, -0.25) is 4.72 Å². The second-order valence-electron chi connectivity index (χ2n) is 4.87. The third-order valence-electron chi connectivity index (χ3n) is 2.68. The van der Waals surface area contributed by atoms with E-state index in [0.717, 1.165) is 18.2 Å². The molecule has 0 unspecified atom stereocenters. The lowest BCUT2D eigenvalue weighted by Crippen LogP contribution is -2.14. The Morgan fingerprint density at radius 3 is 2.27 bits per heavy atom. The van der Waals surface area contributed by atoms with Gasteiger partial charge in [0.05, 0.1) is 16.7 Å². The van der Waals surface area contributed by atoms with Gasteiger partial charge >= 0.3 is 0 Å². The van der Waals surface area contributed by atoms with Crippen LogP contribution < -0.4 is 9.46 Å². The molecule has 2 aromatic rings. The van der Waals surface area contributed by atoms with Crippen LogP contribution in [-0.2, 0) is 10.0 Å². The van der Waals surface area contributed by atoms with Crippen molar-refractivity contribution in [1.29, 1.82) is 0 Å². The number of halogens is 2. The summed E-state index contributed by atoms with van der Waals surface area (Å²) in [6, 6.07) is 8.20. The lowest BCUT2D eigenvalue weighted by molar-refractivity contribution is 0.242. The number of sulfonamides is 1. The van der Waals surface area contributed by atoms with Gasteiger partial charge in [-0.1, -0.05) is 0 Å². The van der Waals surface area contributed by atoms with Crippen LogP contribution >= 0.6 is 0 Å². The molecule has 0 aromatic heterocycles. The third-order valence-corrected chi connectivity index (χ3v) is 4.06. The molecule has 0 amide bonds. The predicted molar refractivity (Wildman–Crippen MR) is 79.4 cm³/mol. The summed E-state index contributed by atoms with van der Waals surface area (Å²) in [5.41, 5.74) is -0.442. The first-order chi connectivity index (χ1) is 10.3. The lowest BCUT2D eigenvalue weighted by atomic mass is 10.3. The number of nitrogens with one attached hydrogen (secondary N) is 1. The zero-order valence-electron chi connectivity index (χ0n) is 12.0. The fraction of sp³-hybridized carbons (Fsp3) is 0.200. The normalized spacial score (nSPS) is 11.5. The lowest BCUT2D eigenvalue weighted by Gasteiger charge is -2.11. The molecule has 1 N–H and O–H groups in total. The molecular formula is C15H15F2NO3S. The summed E-state index contributed by atoms with van der Waals surface area (Å²) in [5.74, 6) is -1.07. The van der Waals surface area contributed by atoms with Crippen LogP contribution in [0.5, 0.6) is 5.75 Å². The molecule has 0 bridgehead atoms. The van der Waals surface area contributed by atoms with E-state index in [9.17, 15) is 17.2 Å². The van der Waals surface area contributed by atoms with Gasteiger partial charge in [-0.05, 0) is 50.2 Å². The summed E-state index contributed by atoms with van der Waals surface area (Å²) >= 11 is 0. The van der Waals surface area contributed by atoms with E-state index in [-0.39, 0.29) is 11.0 Å². The SMILES string of the molecule is CC(C)Oc1ccc(S(=O)(=O)Nc2cc(F)ccc2F)cc1. The van der Waals surface area contributed by atoms with Crippen molar-refractivity contribution < 1.29 is 21.9 Å². The monoisotopic (exact) mass is 327 g/mol. The molecule has 0 radical (unpaired) electrons. The second kappa shape index (κ2) is 6.31. The van der Waals surface area contributed by atoms with Crippen LogP contribution in [0.1, 0.15) is 13.8 Å². The van der Waals surface area contributed by atoms with E-state index < -0.39 is 27.3 Å². The number of rotatable bonds is 5. The molecule has 0 saturated heterocycles. The fourth-order valence-electron chi connectivity index (χ4n) is 1.75. The zero-order chi connectivity index (χ0) is 16.3. The number of hydrogen-bond acceptors (Lipinski definition) is 3. The Balaban J connectivity index is 2.25. The molecule has 22 heavy (non-hydrogen) atoms. The second-order valence-corrected chi connectivity index (χ2v) is 6.55. The van der Waals surface area contributed by atoms with Crippen LogP contribution in [0.4, 0.5) is 14.5 Å². The van der Waals surface area contributed by atoms with Crippen molar-refractivity contribution in [3.63, 3.8) is 0 Å². The van der Waals surface area contributed by atoms with Crippen molar-refractivity contribution >= 4 is 15.7 Å². The maximum absolute atomic E-state index is 13.5. The summed E-state index contributed by atoms with van der Waals surface area (Å²) in [7, 11) is -4.01. The zero-order valence-corrected chi connectivity index (χ0v) is 12.8. The van der Waals surface area contributed by atoms with Crippen molar-refractivity contribution in [3.8, 4) is 5.75 Å². The molecule has 0 aliphatic heterocycles. The van der Waals surface area contributed by atoms with Gasteiger partial charge in [0.2, 0.25) is 0 Å². The Kier molecular flexibility index (Phi) is 4.65. The molecule has 2 aromatic carbocycles. The van der Waals surface area contributed by atoms with Gasteiger partial charge in [-0.15, -0.1) is 0 Å². The average Bonchev–Trinajstić information content (AvgIpc) is 2.42. The molecule has 0 spiro atoms. The van der Waals surface area contributed by atoms with E-state index in [0.29, 0.717) is 5.75 Å². The van der Waals surface area contributed by atoms with Gasteiger partial charge in [0.15, 0.2) is 0 Å². The van der Waals surface area contributed by atoms with Gasteiger partial charge in [-0.25, -0.2) is 17.2 Å². The van der Waals surface area contributed by atoms with Crippen molar-refractivity contribution in [2.75, 3.05) is 4.72 Å². The minimum Gasteiger partial charge on any atom is -0.491 e. The maximum atomic E-state index is 13.5. The molecule has 0 atom stereocenters. The number of benzene rings is 2. The Hall–Kier alpha value is -2.15. The molecular weight excluding hydrogens is 312 g/mol. The molecule has 7 heteroatoms. The minimum atomic E-state index is -4.01. The fourth-order valence-corrected chi connectivity index (χ4v) is 2.81. The Bertz CT molecular complexity index is 759. The smallest absolute Gasteiger partial charge is 0.261 e. The van der Waals surface area contributed by atoms with Crippen molar-refractivity contribution in [2.24, 2.45) is 0 Å². The van der Waals surface area contributed by atoms with E-state index in [1.54, 1.807) is 0 Å². The maximum Gasteiger partial charge on any atom is 0.261 e. The summed E-state index contributed by atoms with van der Waals surface area (Å²) < 4.78 is 58.3. The molecule has 0 saturated carbocycles. The Morgan fingerprint density at radius 2 is 1.68 bits per heavy atom. The van der Waals surface area contributed by atoms with Crippen molar-refractivity contribution in [1.82, 2.24) is 0 Å². The summed E-state index contributed by atoms with van der Waals surface area (Å²) in [6.45, 7) is 3.69. The standard InChI is InChI=1S/C15H15F2NO3S/c1-10(2)21-12-4-6-13(7-5-12)22(19,20)18-15-9-11(16)3-8-14(15)17/h3-10,18H,1-2H3. The third kappa shape index (κ3) is 3.94. The molecule has 4 nitrogen and oxygen atoms in total. The number of anilines is 1. The first-order valence-corrected chi connectivity index (χ1v) is 8.01. The quantitative estimate of drug-likeness (QED) is 0.913. The Labute approximate surface area is 127 Å². The van der Waals surface area contributed by atoms with Crippen LogP contribution in [0.3, 0.4) is 0 Å². The highest BCUT2D eigenvalue weighted by Gasteiger charge is 2.17. The summed E-state index contributed by atoms with van der Waals surface area (Å²) in [6.07, 6.45) is -0.0398. The molecule has 0 aliphatic rings. The predicted octanol–water partition coefficient (Wildman–Crippen LogP) is 3.55. The first kappa shape index (κ1) is 16.2. The highest BCUT2D eigenvalue weighted by molar-refractivity contribution is 7.92. The highest BCUT2D eigenvalue weighted by Crippen LogP contribution is 2.22. The van der Waals surface area contributed by atoms with Crippen LogP contribution in [-0.4, -0.2) is 14.5 Å². The van der Waals surface area contributed by atoms with E-state index in [1.165, 1.54) is 24.3 Å². The number of ether oxygens (including phenoxy) is 1. The molecule has 0 heterocycles. The molecule has 0 aliphatic carbocycles. The van der Waals surface area contributed by atoms with Gasteiger partial charge in [0.25, 0.3) is 10.0 Å². The topological polar surface area (TPSA) is 55.4 Å². The molecule has 118 valence electrons. The van der Waals surface area contributed by atoms with Gasteiger partial charge < -0.3 is 4.74 Å². The van der Waals surface area contributed by atoms with Crippen molar-refractivity contribution in [3.05, 3.63) is 54.1 Å². The van der Waals surface area contributed by atoms with E-state index in [2.05, 4.69) is 0 Å². The first-order valence-electron chi connectivity index (χ1n) is 6.52. The largest absolute Gasteiger partial charge is 0.491 e. The minimum absolute atomic E-state index is 0.0398. The summed E-state index contributed by atoms with van der Waals surface area (Å²) in [5, 5.41) is 0. The van der Waals surface area contributed by atoms with Gasteiger partial charge in [-0.2, -0.15) is 0 Å². The number of hydrogen-bond donors (Lipinski definition) is 1. The Morgan fingerprint density at radius 1 is 1.05 bits per heavy atom.